The van der Waals surface area contributed by atoms with Crippen molar-refractivity contribution in [3.05, 3.63) is 64.7 Å². The number of hydrogen-bond donors (Lipinski definition) is 1. The summed E-state index contributed by atoms with van der Waals surface area (Å²) in [7, 11) is 0. The Bertz CT molecular complexity index is 612. The van der Waals surface area contributed by atoms with Gasteiger partial charge >= 0.3 is 12.4 Å². The van der Waals surface area contributed by atoms with Crippen molar-refractivity contribution in [2.75, 3.05) is 0 Å². The Morgan fingerprint density at radius 1 is 0.652 bits per heavy atom. The van der Waals surface area contributed by atoms with Crippen LogP contribution < -0.4 is 0 Å². The van der Waals surface area contributed by atoms with Gasteiger partial charge in [-0.15, -0.1) is 0 Å². The smallest absolute Gasteiger partial charge is 0.411 e. The number of benzene rings is 2. The molecule has 2 aromatic rings. The van der Waals surface area contributed by atoms with Crippen molar-refractivity contribution in [2.24, 2.45) is 0 Å². The third-order valence-electron chi connectivity index (χ3n) is 3.43. The fourth-order valence-corrected chi connectivity index (χ4v) is 2.52. The van der Waals surface area contributed by atoms with Crippen LogP contribution in [-0.4, -0.2) is 17.5 Å². The normalized spacial score (nSPS) is 13.2. The van der Waals surface area contributed by atoms with Crippen LogP contribution >= 0.6 is 11.6 Å². The number of hydrogen-bond acceptors (Lipinski definition) is 1. The van der Waals surface area contributed by atoms with E-state index in [9.17, 15) is 26.3 Å². The van der Waals surface area contributed by atoms with Crippen LogP contribution in [0.15, 0.2) is 48.5 Å². The standard InChI is InChI=1S/C15H9ClF6O/c16-11-5-1-9(2-6-11)13(14(17,18)19,15(20,21)22)10-3-7-12(23)8-4-10/h1-8,23H. The molecule has 0 spiro atoms. The lowest BCUT2D eigenvalue weighted by Gasteiger charge is -2.38. The SMILES string of the molecule is Oc1ccc(C(c2ccc(Cl)cc2)(C(F)(F)F)C(F)(F)F)cc1. The van der Waals surface area contributed by atoms with E-state index in [1.54, 1.807) is 0 Å². The highest BCUT2D eigenvalue weighted by atomic mass is 35.5. The average Bonchev–Trinajstić information content (AvgIpc) is 2.40. The van der Waals surface area contributed by atoms with E-state index in [0.717, 1.165) is 24.3 Å². The quantitative estimate of drug-likeness (QED) is 0.710. The van der Waals surface area contributed by atoms with Gasteiger partial charge in [0.2, 0.25) is 5.41 Å². The number of phenolic OH excluding ortho intramolecular Hbond substituents is 1. The van der Waals surface area contributed by atoms with Gasteiger partial charge < -0.3 is 5.11 Å². The van der Waals surface area contributed by atoms with Crippen molar-refractivity contribution in [3.63, 3.8) is 0 Å². The highest BCUT2D eigenvalue weighted by Gasteiger charge is 2.72. The van der Waals surface area contributed by atoms with E-state index in [2.05, 4.69) is 0 Å². The molecular formula is C15H9ClF6O. The first-order valence-electron chi connectivity index (χ1n) is 6.19. The number of aromatic hydroxyl groups is 1. The Hall–Kier alpha value is -1.89. The zero-order chi connectivity index (χ0) is 17.5. The van der Waals surface area contributed by atoms with E-state index in [1.807, 2.05) is 0 Å². The Kier molecular flexibility index (Phi) is 4.28. The number of rotatable bonds is 2. The molecule has 0 saturated heterocycles. The van der Waals surface area contributed by atoms with Gasteiger partial charge in [-0.3, -0.25) is 0 Å². The molecular weight excluding hydrogens is 346 g/mol. The number of halogens is 7. The van der Waals surface area contributed by atoms with Crippen molar-refractivity contribution in [1.29, 1.82) is 0 Å². The molecule has 1 nitrogen and oxygen atoms in total. The van der Waals surface area contributed by atoms with E-state index in [0.29, 0.717) is 24.3 Å². The molecule has 8 heteroatoms. The predicted molar refractivity (Wildman–Crippen MR) is 72.4 cm³/mol. The number of alkyl halides is 6. The Morgan fingerprint density at radius 2 is 1.00 bits per heavy atom. The second-order valence-electron chi connectivity index (χ2n) is 4.80. The zero-order valence-corrected chi connectivity index (χ0v) is 12.0. The molecule has 0 amide bonds. The van der Waals surface area contributed by atoms with Crippen LogP contribution in [0.5, 0.6) is 5.75 Å². The van der Waals surface area contributed by atoms with Crippen LogP contribution in [0.4, 0.5) is 26.3 Å². The summed E-state index contributed by atoms with van der Waals surface area (Å²) < 4.78 is 81.8. The minimum Gasteiger partial charge on any atom is -0.508 e. The van der Waals surface area contributed by atoms with Crippen LogP contribution in [0.3, 0.4) is 0 Å². The monoisotopic (exact) mass is 354 g/mol. The summed E-state index contributed by atoms with van der Waals surface area (Å²) in [4.78, 5) is 0. The first-order chi connectivity index (χ1) is 10.5. The van der Waals surface area contributed by atoms with Gasteiger partial charge in [-0.25, -0.2) is 0 Å². The van der Waals surface area contributed by atoms with Gasteiger partial charge in [0, 0.05) is 5.02 Å². The topological polar surface area (TPSA) is 20.2 Å². The second-order valence-corrected chi connectivity index (χ2v) is 5.24. The molecule has 0 aliphatic rings. The molecule has 0 unspecified atom stereocenters. The largest absolute Gasteiger partial charge is 0.508 e. The maximum absolute atomic E-state index is 13.6. The molecule has 0 saturated carbocycles. The van der Waals surface area contributed by atoms with Crippen LogP contribution in [0.2, 0.25) is 5.02 Å². The summed E-state index contributed by atoms with van der Waals surface area (Å²) >= 11 is 5.56. The lowest BCUT2D eigenvalue weighted by Crippen LogP contribution is -2.54. The Morgan fingerprint density at radius 3 is 1.35 bits per heavy atom. The highest BCUT2D eigenvalue weighted by molar-refractivity contribution is 6.30. The van der Waals surface area contributed by atoms with Gasteiger partial charge in [0.25, 0.3) is 0 Å². The molecule has 0 aliphatic carbocycles. The van der Waals surface area contributed by atoms with E-state index < -0.39 is 34.6 Å². The van der Waals surface area contributed by atoms with Gasteiger partial charge in [-0.05, 0) is 35.4 Å². The van der Waals surface area contributed by atoms with E-state index in [4.69, 9.17) is 16.7 Å². The van der Waals surface area contributed by atoms with Crippen LogP contribution in [0.1, 0.15) is 11.1 Å². The molecule has 2 aromatic carbocycles. The molecule has 0 atom stereocenters. The first-order valence-corrected chi connectivity index (χ1v) is 6.57. The molecule has 23 heavy (non-hydrogen) atoms. The third-order valence-corrected chi connectivity index (χ3v) is 3.68. The van der Waals surface area contributed by atoms with Gasteiger partial charge in [-0.1, -0.05) is 35.9 Å². The fraction of sp³-hybridized carbons (Fsp3) is 0.200. The summed E-state index contributed by atoms with van der Waals surface area (Å²) in [5, 5.41) is 9.17. The third kappa shape index (κ3) is 2.85. The van der Waals surface area contributed by atoms with Gasteiger partial charge in [0.1, 0.15) is 5.75 Å². The molecule has 1 N–H and O–H groups in total. The summed E-state index contributed by atoms with van der Waals surface area (Å²) in [6.07, 6.45) is -11.3. The molecule has 0 radical (unpaired) electrons. The van der Waals surface area contributed by atoms with Gasteiger partial charge in [0.05, 0.1) is 0 Å². The summed E-state index contributed by atoms with van der Waals surface area (Å²) in [6.45, 7) is 0. The maximum atomic E-state index is 13.6. The number of phenols is 1. The van der Waals surface area contributed by atoms with Crippen LogP contribution in [0, 0.1) is 0 Å². The molecule has 2 rings (SSSR count). The lowest BCUT2D eigenvalue weighted by atomic mass is 9.73. The average molecular weight is 355 g/mol. The van der Waals surface area contributed by atoms with Gasteiger partial charge in [0.15, 0.2) is 0 Å². The maximum Gasteiger partial charge on any atom is 0.411 e. The van der Waals surface area contributed by atoms with Crippen LogP contribution in [-0.2, 0) is 5.41 Å². The summed E-state index contributed by atoms with van der Waals surface area (Å²) in [5.74, 6) is -0.442. The fourth-order valence-electron chi connectivity index (χ4n) is 2.39. The Balaban J connectivity index is 2.86. The first kappa shape index (κ1) is 17.5. The minimum absolute atomic E-state index is 0.0118. The molecule has 124 valence electrons. The highest BCUT2D eigenvalue weighted by Crippen LogP contribution is 2.56. The van der Waals surface area contributed by atoms with Crippen molar-refractivity contribution in [3.8, 4) is 5.75 Å². The molecule has 0 heterocycles. The van der Waals surface area contributed by atoms with Crippen molar-refractivity contribution >= 4 is 11.6 Å². The second kappa shape index (κ2) is 5.63. The summed E-state index contributed by atoms with van der Waals surface area (Å²) in [5.41, 5.74) is -6.27. The molecule has 0 fully saturated rings. The molecule has 0 aromatic heterocycles. The van der Waals surface area contributed by atoms with Gasteiger partial charge in [-0.2, -0.15) is 26.3 Å². The van der Waals surface area contributed by atoms with Crippen molar-refractivity contribution < 1.29 is 31.4 Å². The predicted octanol–water partition coefficient (Wildman–Crippen LogP) is 5.46. The molecule has 0 aliphatic heterocycles. The summed E-state index contributed by atoms with van der Waals surface area (Å²) in [6, 6.07) is 6.06. The van der Waals surface area contributed by atoms with E-state index in [-0.39, 0.29) is 5.02 Å². The Labute approximate surface area is 132 Å². The lowest BCUT2D eigenvalue weighted by molar-refractivity contribution is -0.288. The van der Waals surface area contributed by atoms with Crippen LogP contribution in [0.25, 0.3) is 0 Å². The van der Waals surface area contributed by atoms with Crippen molar-refractivity contribution in [1.82, 2.24) is 0 Å². The van der Waals surface area contributed by atoms with E-state index in [1.165, 1.54) is 0 Å². The minimum atomic E-state index is -5.66. The zero-order valence-electron chi connectivity index (χ0n) is 11.2. The van der Waals surface area contributed by atoms with E-state index >= 15 is 0 Å². The molecule has 0 bridgehead atoms. The van der Waals surface area contributed by atoms with Crippen molar-refractivity contribution in [2.45, 2.75) is 17.8 Å².